The first-order chi connectivity index (χ1) is 11.7. The molecule has 2 aliphatic heterocycles. The minimum atomic E-state index is -0.620. The van der Waals surface area contributed by atoms with Crippen LogP contribution in [0.15, 0.2) is 11.6 Å². The van der Waals surface area contributed by atoms with E-state index in [1.807, 2.05) is 0 Å². The van der Waals surface area contributed by atoms with Crippen LogP contribution in [0.3, 0.4) is 0 Å². The van der Waals surface area contributed by atoms with Crippen molar-refractivity contribution in [2.45, 2.75) is 89.3 Å². The zero-order valence-electron chi connectivity index (χ0n) is 16.3. The normalized spacial score (nSPS) is 56.1. The fourth-order valence-corrected chi connectivity index (χ4v) is 6.88. The highest BCUT2D eigenvalue weighted by Gasteiger charge is 2.92. The minimum absolute atomic E-state index is 0.109. The molecule has 4 rings (SSSR count). The number of fused-ring (bicyclic) bond motifs is 1. The number of rotatable bonds is 4. The van der Waals surface area contributed by atoms with Crippen LogP contribution in [0.25, 0.3) is 0 Å². The molecule has 9 atom stereocenters. The highest BCUT2D eigenvalue weighted by molar-refractivity contribution is 5.41. The Bertz CT molecular complexity index is 584. The summed E-state index contributed by atoms with van der Waals surface area (Å²) in [6.07, 6.45) is 5.37. The van der Waals surface area contributed by atoms with E-state index in [0.717, 1.165) is 0 Å². The molecular weight excluding hydrogens is 316 g/mol. The average molecular weight is 350 g/mol. The van der Waals surface area contributed by atoms with E-state index in [2.05, 4.69) is 40.7 Å². The van der Waals surface area contributed by atoms with Gasteiger partial charge >= 0.3 is 0 Å². The second-order valence-electron chi connectivity index (χ2n) is 9.50. The van der Waals surface area contributed by atoms with Crippen molar-refractivity contribution in [1.29, 1.82) is 0 Å². The Morgan fingerprint density at radius 2 is 1.96 bits per heavy atom. The van der Waals surface area contributed by atoms with Gasteiger partial charge < -0.3 is 19.7 Å². The Kier molecular flexibility index (Phi) is 3.98. The Morgan fingerprint density at radius 3 is 2.60 bits per heavy atom. The molecule has 142 valence electrons. The lowest BCUT2D eigenvalue weighted by Crippen LogP contribution is -2.60. The van der Waals surface area contributed by atoms with E-state index in [-0.39, 0.29) is 12.7 Å². The quantitative estimate of drug-likeness (QED) is 0.604. The summed E-state index contributed by atoms with van der Waals surface area (Å²) in [4.78, 5) is 0. The van der Waals surface area contributed by atoms with Crippen molar-refractivity contribution in [2.24, 2.45) is 23.7 Å². The molecule has 4 fully saturated rings. The molecule has 2 heterocycles. The average Bonchev–Trinajstić information content (AvgIpc) is 3.09. The lowest BCUT2D eigenvalue weighted by molar-refractivity contribution is -0.146. The van der Waals surface area contributed by atoms with Crippen LogP contribution >= 0.6 is 0 Å². The van der Waals surface area contributed by atoms with Crippen molar-refractivity contribution in [3.8, 4) is 0 Å². The van der Waals surface area contributed by atoms with Gasteiger partial charge in [0.1, 0.15) is 17.3 Å². The Hall–Kier alpha value is -0.420. The number of aliphatic hydroxyl groups is 2. The predicted molar refractivity (Wildman–Crippen MR) is 96.1 cm³/mol. The van der Waals surface area contributed by atoms with Crippen LogP contribution in [0, 0.1) is 23.7 Å². The van der Waals surface area contributed by atoms with Crippen molar-refractivity contribution < 1.29 is 19.7 Å². The van der Waals surface area contributed by atoms with Crippen molar-refractivity contribution in [2.75, 3.05) is 6.61 Å². The minimum Gasteiger partial charge on any atom is -0.396 e. The van der Waals surface area contributed by atoms with Crippen LogP contribution < -0.4 is 0 Å². The summed E-state index contributed by atoms with van der Waals surface area (Å²) in [6, 6.07) is 0. The third-order valence-corrected chi connectivity index (χ3v) is 7.97. The Labute approximate surface area is 151 Å². The van der Waals surface area contributed by atoms with E-state index in [1.165, 1.54) is 18.4 Å². The molecule has 0 unspecified atom stereocenters. The second-order valence-corrected chi connectivity index (χ2v) is 9.50. The smallest absolute Gasteiger partial charge is 0.156 e. The van der Waals surface area contributed by atoms with Crippen LogP contribution in [0.2, 0.25) is 0 Å². The van der Waals surface area contributed by atoms with Crippen molar-refractivity contribution >= 4 is 0 Å². The molecule has 4 nitrogen and oxygen atoms in total. The third kappa shape index (κ3) is 1.97. The molecule has 4 aliphatic rings. The molecule has 0 aromatic rings. The maximum Gasteiger partial charge on any atom is 0.156 e. The molecular formula is C21H34O4. The molecule has 0 spiro atoms. The molecule has 25 heavy (non-hydrogen) atoms. The summed E-state index contributed by atoms with van der Waals surface area (Å²) in [7, 11) is 0. The molecule has 2 aliphatic carbocycles. The molecule has 0 aromatic carbocycles. The lowest BCUT2D eigenvalue weighted by Gasteiger charge is -2.44. The van der Waals surface area contributed by atoms with Crippen LogP contribution in [0.5, 0.6) is 0 Å². The zero-order valence-corrected chi connectivity index (χ0v) is 16.3. The number of aliphatic hydroxyl groups excluding tert-OH is 2. The molecule has 0 radical (unpaired) electrons. The first-order valence-corrected chi connectivity index (χ1v) is 10.1. The molecule has 0 amide bonds. The summed E-state index contributed by atoms with van der Waals surface area (Å²) in [5.74, 6) is 1.72. The molecule has 4 heteroatoms. The SMILES string of the molecule is CC(C)=C[C@H]1O[C@@](C)(CCCO)[C@@]23O[C@@]12[C@@H](C)[C@@H]1CC[C@H](C)[C@@H]1[C@@H]3O. The summed E-state index contributed by atoms with van der Waals surface area (Å²) in [6.45, 7) is 11.0. The van der Waals surface area contributed by atoms with E-state index in [4.69, 9.17) is 9.47 Å². The molecule has 0 aromatic heterocycles. The van der Waals surface area contributed by atoms with E-state index in [1.54, 1.807) is 0 Å². The Morgan fingerprint density at radius 1 is 1.24 bits per heavy atom. The zero-order chi connectivity index (χ0) is 18.2. The first-order valence-electron chi connectivity index (χ1n) is 10.1. The van der Waals surface area contributed by atoms with Gasteiger partial charge in [-0.15, -0.1) is 0 Å². The van der Waals surface area contributed by atoms with Crippen molar-refractivity contribution in [1.82, 2.24) is 0 Å². The third-order valence-electron chi connectivity index (χ3n) is 7.97. The largest absolute Gasteiger partial charge is 0.396 e. The number of epoxide rings is 1. The van der Waals surface area contributed by atoms with Gasteiger partial charge in [-0.3, -0.25) is 0 Å². The standard InChI is InChI=1S/C21H34O4/c1-12(2)11-16-20-14(4)15-8-7-13(3)17(15)18(23)21(20,25-20)19(5,24-16)9-6-10-22/h11,13-18,22-23H,6-10H2,1-5H3/t13-,14-,15-,16+,17-,18-,19-,20-,21+/m0/s1. The number of hydrogen-bond donors (Lipinski definition) is 2. The van der Waals surface area contributed by atoms with Gasteiger partial charge in [-0.2, -0.15) is 0 Å². The van der Waals surface area contributed by atoms with E-state index in [9.17, 15) is 10.2 Å². The van der Waals surface area contributed by atoms with Crippen molar-refractivity contribution in [3.05, 3.63) is 11.6 Å². The molecule has 2 saturated carbocycles. The highest BCUT2D eigenvalue weighted by atomic mass is 16.7. The highest BCUT2D eigenvalue weighted by Crippen LogP contribution is 2.76. The van der Waals surface area contributed by atoms with Crippen LogP contribution in [0.1, 0.15) is 60.3 Å². The first kappa shape index (κ1) is 18.0. The van der Waals surface area contributed by atoms with Gasteiger partial charge in [0.05, 0.1) is 6.10 Å². The number of hydrogen-bond acceptors (Lipinski definition) is 4. The van der Waals surface area contributed by atoms with Gasteiger partial charge in [-0.05, 0) is 63.7 Å². The fourth-order valence-electron chi connectivity index (χ4n) is 6.88. The summed E-state index contributed by atoms with van der Waals surface area (Å²) >= 11 is 0. The van der Waals surface area contributed by atoms with Gasteiger partial charge in [-0.1, -0.05) is 31.9 Å². The number of ether oxygens (including phenoxy) is 2. The van der Waals surface area contributed by atoms with Gasteiger partial charge in [0.25, 0.3) is 0 Å². The van der Waals surface area contributed by atoms with Crippen molar-refractivity contribution in [3.63, 3.8) is 0 Å². The summed E-state index contributed by atoms with van der Waals surface area (Å²) in [5.41, 5.74) is -0.351. The maximum atomic E-state index is 11.5. The van der Waals surface area contributed by atoms with E-state index >= 15 is 0 Å². The fraction of sp³-hybridized carbons (Fsp3) is 0.905. The molecule has 0 bridgehead atoms. The van der Waals surface area contributed by atoms with E-state index < -0.39 is 22.9 Å². The van der Waals surface area contributed by atoms with Gasteiger partial charge in [-0.25, -0.2) is 0 Å². The maximum absolute atomic E-state index is 11.5. The van der Waals surface area contributed by atoms with Crippen LogP contribution in [-0.4, -0.2) is 45.8 Å². The van der Waals surface area contributed by atoms with Gasteiger partial charge in [0, 0.05) is 6.61 Å². The topological polar surface area (TPSA) is 62.2 Å². The predicted octanol–water partition coefficient (Wildman–Crippen LogP) is 3.06. The number of allylic oxidation sites excluding steroid dienone is 1. The van der Waals surface area contributed by atoms with Crippen LogP contribution in [0.4, 0.5) is 0 Å². The Balaban J connectivity index is 1.80. The van der Waals surface area contributed by atoms with Crippen LogP contribution in [-0.2, 0) is 9.47 Å². The van der Waals surface area contributed by atoms with E-state index in [0.29, 0.717) is 36.5 Å². The lowest BCUT2D eigenvalue weighted by atomic mass is 9.56. The summed E-state index contributed by atoms with van der Waals surface area (Å²) in [5, 5.41) is 20.9. The van der Waals surface area contributed by atoms with Gasteiger partial charge in [0.2, 0.25) is 0 Å². The monoisotopic (exact) mass is 350 g/mol. The van der Waals surface area contributed by atoms with Gasteiger partial charge in [0.15, 0.2) is 5.60 Å². The second kappa shape index (κ2) is 5.54. The summed E-state index contributed by atoms with van der Waals surface area (Å²) < 4.78 is 13.2. The molecule has 2 saturated heterocycles. The molecule has 2 N–H and O–H groups in total.